The molecule has 78 valence electrons. The van der Waals surface area contributed by atoms with E-state index in [1.54, 1.807) is 0 Å². The van der Waals surface area contributed by atoms with E-state index in [-0.39, 0.29) is 5.88 Å². The van der Waals surface area contributed by atoms with E-state index in [1.165, 1.54) is 0 Å². The fourth-order valence-corrected chi connectivity index (χ4v) is 1.27. The normalized spacial score (nSPS) is 12.6. The third-order valence-corrected chi connectivity index (χ3v) is 2.66. The average Bonchev–Trinajstić information content (AvgIpc) is 2.19. The summed E-state index contributed by atoms with van der Waals surface area (Å²) >= 11 is 11.3. The highest BCUT2D eigenvalue weighted by Gasteiger charge is 2.02. The Balaban J connectivity index is 2.55. The molecule has 4 heteroatoms. The number of aliphatic hydroxyl groups excluding tert-OH is 1. The molecular formula is C10H13Cl2NO. The molecule has 1 unspecified atom stereocenters. The van der Waals surface area contributed by atoms with E-state index in [1.807, 2.05) is 25.1 Å². The number of benzene rings is 1. The second kappa shape index (κ2) is 5.44. The van der Waals surface area contributed by atoms with Crippen LogP contribution in [0.2, 0.25) is 5.02 Å². The first-order valence-electron chi connectivity index (χ1n) is 4.37. The van der Waals surface area contributed by atoms with Gasteiger partial charge in [-0.25, -0.2) is 0 Å². The van der Waals surface area contributed by atoms with Gasteiger partial charge < -0.3 is 10.4 Å². The van der Waals surface area contributed by atoms with Gasteiger partial charge in [0.15, 0.2) is 0 Å². The highest BCUT2D eigenvalue weighted by molar-refractivity contribution is 6.31. The maximum atomic E-state index is 9.22. The van der Waals surface area contributed by atoms with Crippen LogP contribution < -0.4 is 5.32 Å². The molecule has 2 N–H and O–H groups in total. The van der Waals surface area contributed by atoms with Crippen LogP contribution >= 0.6 is 23.2 Å². The molecule has 0 saturated carbocycles. The Morgan fingerprint density at radius 2 is 2.21 bits per heavy atom. The molecule has 0 aliphatic rings. The number of hydrogen-bond acceptors (Lipinski definition) is 2. The highest BCUT2D eigenvalue weighted by Crippen LogP contribution is 2.19. The van der Waals surface area contributed by atoms with Gasteiger partial charge in [0.1, 0.15) is 0 Å². The molecule has 1 rings (SSSR count). The molecule has 0 aliphatic carbocycles. The zero-order chi connectivity index (χ0) is 10.6. The van der Waals surface area contributed by atoms with Crippen molar-refractivity contribution in [1.82, 2.24) is 0 Å². The standard InChI is InChI=1S/C10H13Cl2NO/c1-7-4-8(2-3-10(7)12)13-6-9(14)5-11/h2-4,9,13-14H,5-6H2,1H3. The predicted octanol–water partition coefficient (Wildman–Crippen LogP) is 2.66. The van der Waals surface area contributed by atoms with Crippen LogP contribution in [-0.2, 0) is 0 Å². The van der Waals surface area contributed by atoms with Crippen molar-refractivity contribution in [3.63, 3.8) is 0 Å². The van der Waals surface area contributed by atoms with E-state index in [9.17, 15) is 5.11 Å². The van der Waals surface area contributed by atoms with Crippen LogP contribution in [-0.4, -0.2) is 23.6 Å². The van der Waals surface area contributed by atoms with Gasteiger partial charge in [0.2, 0.25) is 0 Å². The molecule has 0 radical (unpaired) electrons. The zero-order valence-electron chi connectivity index (χ0n) is 7.93. The first-order valence-corrected chi connectivity index (χ1v) is 5.29. The fraction of sp³-hybridized carbons (Fsp3) is 0.400. The molecule has 0 heterocycles. The van der Waals surface area contributed by atoms with Gasteiger partial charge in [-0.3, -0.25) is 0 Å². The van der Waals surface area contributed by atoms with Crippen molar-refractivity contribution in [2.45, 2.75) is 13.0 Å². The molecule has 2 nitrogen and oxygen atoms in total. The smallest absolute Gasteiger partial charge is 0.0847 e. The maximum Gasteiger partial charge on any atom is 0.0847 e. The summed E-state index contributed by atoms with van der Waals surface area (Å²) in [5.74, 6) is 0.236. The number of aryl methyl sites for hydroxylation is 1. The lowest BCUT2D eigenvalue weighted by atomic mass is 10.2. The van der Waals surface area contributed by atoms with Crippen molar-refractivity contribution in [2.24, 2.45) is 0 Å². The van der Waals surface area contributed by atoms with Gasteiger partial charge in [0, 0.05) is 17.3 Å². The molecule has 1 aromatic rings. The third-order valence-electron chi connectivity index (χ3n) is 1.88. The van der Waals surface area contributed by atoms with Gasteiger partial charge in [-0.05, 0) is 30.7 Å². The molecule has 0 saturated heterocycles. The highest BCUT2D eigenvalue weighted by atomic mass is 35.5. The summed E-state index contributed by atoms with van der Waals surface area (Å²) in [7, 11) is 0. The molecule has 0 fully saturated rings. The molecule has 1 aromatic carbocycles. The molecule has 0 spiro atoms. The monoisotopic (exact) mass is 233 g/mol. The lowest BCUT2D eigenvalue weighted by Crippen LogP contribution is -2.20. The average molecular weight is 234 g/mol. The Morgan fingerprint density at radius 1 is 1.50 bits per heavy atom. The van der Waals surface area contributed by atoms with Crippen LogP contribution in [0.15, 0.2) is 18.2 Å². The molecule has 1 atom stereocenters. The Hall–Kier alpha value is -0.440. The van der Waals surface area contributed by atoms with Gasteiger partial charge in [-0.2, -0.15) is 0 Å². The largest absolute Gasteiger partial charge is 0.390 e. The minimum Gasteiger partial charge on any atom is -0.390 e. The molecule has 0 bridgehead atoms. The number of aliphatic hydroxyl groups is 1. The SMILES string of the molecule is Cc1cc(NCC(O)CCl)ccc1Cl. The first kappa shape index (κ1) is 11.6. The van der Waals surface area contributed by atoms with E-state index in [2.05, 4.69) is 5.32 Å². The Bertz CT molecular complexity index is 304. The number of nitrogens with one attached hydrogen (secondary N) is 1. The molecular weight excluding hydrogens is 221 g/mol. The van der Waals surface area contributed by atoms with Gasteiger partial charge >= 0.3 is 0 Å². The number of alkyl halides is 1. The van der Waals surface area contributed by atoms with Crippen LogP contribution in [0, 0.1) is 6.92 Å². The van der Waals surface area contributed by atoms with Crippen LogP contribution in [0.3, 0.4) is 0 Å². The lowest BCUT2D eigenvalue weighted by Gasteiger charge is -2.10. The second-order valence-corrected chi connectivity index (χ2v) is 3.87. The van der Waals surface area contributed by atoms with Gasteiger partial charge in [0.25, 0.3) is 0 Å². The fourth-order valence-electron chi connectivity index (χ4n) is 1.04. The van der Waals surface area contributed by atoms with E-state index < -0.39 is 6.10 Å². The minimum absolute atomic E-state index is 0.236. The van der Waals surface area contributed by atoms with E-state index in [0.29, 0.717) is 6.54 Å². The molecule has 0 aliphatic heterocycles. The zero-order valence-corrected chi connectivity index (χ0v) is 9.44. The lowest BCUT2D eigenvalue weighted by molar-refractivity contribution is 0.211. The summed E-state index contributed by atoms with van der Waals surface area (Å²) in [5.41, 5.74) is 1.95. The van der Waals surface area contributed by atoms with Crippen molar-refractivity contribution in [3.05, 3.63) is 28.8 Å². The van der Waals surface area contributed by atoms with Gasteiger partial charge in [-0.1, -0.05) is 11.6 Å². The van der Waals surface area contributed by atoms with Crippen molar-refractivity contribution >= 4 is 28.9 Å². The summed E-state index contributed by atoms with van der Waals surface area (Å²) in [4.78, 5) is 0. The minimum atomic E-state index is -0.521. The van der Waals surface area contributed by atoms with Crippen molar-refractivity contribution in [2.75, 3.05) is 17.7 Å². The Morgan fingerprint density at radius 3 is 2.79 bits per heavy atom. The summed E-state index contributed by atoms with van der Waals surface area (Å²) < 4.78 is 0. The van der Waals surface area contributed by atoms with E-state index in [0.717, 1.165) is 16.3 Å². The van der Waals surface area contributed by atoms with Crippen molar-refractivity contribution in [1.29, 1.82) is 0 Å². The summed E-state index contributed by atoms with van der Waals surface area (Å²) in [6, 6.07) is 5.63. The maximum absolute atomic E-state index is 9.22. The Labute approximate surface area is 93.8 Å². The van der Waals surface area contributed by atoms with Gasteiger partial charge in [-0.15, -0.1) is 11.6 Å². The van der Waals surface area contributed by atoms with Crippen LogP contribution in [0.1, 0.15) is 5.56 Å². The Kier molecular flexibility index (Phi) is 4.52. The first-order chi connectivity index (χ1) is 6.63. The van der Waals surface area contributed by atoms with E-state index in [4.69, 9.17) is 23.2 Å². The topological polar surface area (TPSA) is 32.3 Å². The van der Waals surface area contributed by atoms with Crippen molar-refractivity contribution < 1.29 is 5.11 Å². The van der Waals surface area contributed by atoms with Crippen LogP contribution in [0.25, 0.3) is 0 Å². The quantitative estimate of drug-likeness (QED) is 0.785. The van der Waals surface area contributed by atoms with Gasteiger partial charge in [0.05, 0.1) is 12.0 Å². The molecule has 14 heavy (non-hydrogen) atoms. The summed E-state index contributed by atoms with van der Waals surface area (Å²) in [5, 5.41) is 13.0. The summed E-state index contributed by atoms with van der Waals surface area (Å²) in [6.45, 7) is 2.38. The number of halogens is 2. The predicted molar refractivity (Wildman–Crippen MR) is 61.4 cm³/mol. The van der Waals surface area contributed by atoms with Crippen molar-refractivity contribution in [3.8, 4) is 0 Å². The molecule has 0 amide bonds. The van der Waals surface area contributed by atoms with E-state index >= 15 is 0 Å². The third kappa shape index (κ3) is 3.37. The number of hydrogen-bond donors (Lipinski definition) is 2. The number of anilines is 1. The summed E-state index contributed by atoms with van der Waals surface area (Å²) in [6.07, 6.45) is -0.521. The van der Waals surface area contributed by atoms with Crippen LogP contribution in [0.4, 0.5) is 5.69 Å². The molecule has 0 aromatic heterocycles. The van der Waals surface area contributed by atoms with Crippen LogP contribution in [0.5, 0.6) is 0 Å². The second-order valence-electron chi connectivity index (χ2n) is 3.15. The number of rotatable bonds is 4.